The molecule has 136 valence electrons. The highest BCUT2D eigenvalue weighted by atomic mass is 16.5. The van der Waals surface area contributed by atoms with Crippen LogP contribution in [0.15, 0.2) is 0 Å². The van der Waals surface area contributed by atoms with Crippen LogP contribution in [0.5, 0.6) is 0 Å². The maximum Gasteiger partial charge on any atom is 0.293 e. The van der Waals surface area contributed by atoms with Crippen LogP contribution in [0.1, 0.15) is 65.2 Å². The maximum absolute atomic E-state index is 11.0. The fourth-order valence-electron chi connectivity index (χ4n) is 7.44. The maximum atomic E-state index is 11.0. The molecular weight excluding hydrogens is 304 g/mol. The van der Waals surface area contributed by atoms with Crippen molar-refractivity contribution in [1.82, 2.24) is 0 Å². The third-order valence-corrected chi connectivity index (χ3v) is 8.83. The summed E-state index contributed by atoms with van der Waals surface area (Å²) in [7, 11) is 0. The van der Waals surface area contributed by atoms with Crippen LogP contribution in [0.4, 0.5) is 0 Å². The molecule has 0 aromatic carbocycles. The molecule has 0 bridgehead atoms. The van der Waals surface area contributed by atoms with Crippen molar-refractivity contribution in [3.8, 4) is 0 Å². The van der Waals surface area contributed by atoms with Crippen LogP contribution >= 0.6 is 0 Å². The topological polar surface area (TPSA) is 66.8 Å². The summed E-state index contributed by atoms with van der Waals surface area (Å²) in [6.45, 7) is 5.22. The minimum Gasteiger partial charge on any atom is -0.465 e. The first kappa shape index (κ1) is 16.8. The summed E-state index contributed by atoms with van der Waals surface area (Å²) in [5.41, 5.74) is 0.210. The van der Waals surface area contributed by atoms with E-state index < -0.39 is 0 Å². The summed E-state index contributed by atoms with van der Waals surface area (Å²) in [5.74, 6) is 1.99. The van der Waals surface area contributed by atoms with Gasteiger partial charge in [0.25, 0.3) is 6.47 Å². The molecule has 4 nitrogen and oxygen atoms in total. The van der Waals surface area contributed by atoms with E-state index in [4.69, 9.17) is 4.74 Å². The van der Waals surface area contributed by atoms with Crippen LogP contribution in [-0.4, -0.2) is 35.0 Å². The van der Waals surface area contributed by atoms with Gasteiger partial charge in [0.1, 0.15) is 6.10 Å². The SMILES string of the molecule is C[C@]12CC[C@H]3[C@@H](C[C@H](O)C4C[C@H](OC=O)CC[C@@]43C)[C@@H]1CC[C@@H]2O. The van der Waals surface area contributed by atoms with Crippen LogP contribution in [0.3, 0.4) is 0 Å². The molecule has 4 rings (SSSR count). The number of carbonyl (C=O) groups excluding carboxylic acids is 1. The molecule has 0 aromatic rings. The smallest absolute Gasteiger partial charge is 0.293 e. The van der Waals surface area contributed by atoms with E-state index in [-0.39, 0.29) is 35.1 Å². The predicted octanol–water partition coefficient (Wildman–Crippen LogP) is 2.90. The summed E-state index contributed by atoms with van der Waals surface area (Å²) in [4.78, 5) is 10.7. The highest BCUT2D eigenvalue weighted by molar-refractivity contribution is 5.37. The number of fused-ring (bicyclic) bond motifs is 5. The van der Waals surface area contributed by atoms with Crippen molar-refractivity contribution in [2.45, 2.75) is 83.5 Å². The van der Waals surface area contributed by atoms with Gasteiger partial charge in [-0.2, -0.15) is 0 Å². The number of aliphatic hydroxyl groups is 2. The van der Waals surface area contributed by atoms with E-state index in [1.165, 1.54) is 6.42 Å². The molecule has 4 fully saturated rings. The Balaban J connectivity index is 1.61. The van der Waals surface area contributed by atoms with Gasteiger partial charge in [-0.05, 0) is 85.9 Å². The van der Waals surface area contributed by atoms with Crippen LogP contribution < -0.4 is 0 Å². The number of carbonyl (C=O) groups is 1. The summed E-state index contributed by atoms with van der Waals surface area (Å²) < 4.78 is 5.24. The second kappa shape index (κ2) is 5.70. The molecule has 4 aliphatic carbocycles. The molecular formula is C20H32O4. The minimum absolute atomic E-state index is 0.0195. The van der Waals surface area contributed by atoms with E-state index in [0.29, 0.717) is 24.2 Å². The van der Waals surface area contributed by atoms with Crippen LogP contribution in [-0.2, 0) is 9.53 Å². The zero-order chi connectivity index (χ0) is 17.1. The first-order valence-electron chi connectivity index (χ1n) is 9.85. The van der Waals surface area contributed by atoms with Gasteiger partial charge in [-0.15, -0.1) is 0 Å². The standard InChI is InChI=1S/C20H32O4/c1-19-7-5-12(24-11-21)9-16(19)17(22)10-13-14-3-4-18(23)20(14,2)8-6-15(13)19/h11-18,22-23H,3-10H2,1-2H3/t12-,13+,14+,15+,16?,17+,18+,19-,20+/m1/s1. The zero-order valence-electron chi connectivity index (χ0n) is 15.0. The Bertz CT molecular complexity index is 508. The normalized spacial score (nSPS) is 56.8. The molecule has 4 aliphatic rings. The third kappa shape index (κ3) is 2.21. The Kier molecular flexibility index (Phi) is 4.00. The van der Waals surface area contributed by atoms with Gasteiger partial charge in [0.05, 0.1) is 12.2 Å². The quantitative estimate of drug-likeness (QED) is 0.761. The summed E-state index contributed by atoms with van der Waals surface area (Å²) in [6, 6.07) is 0. The van der Waals surface area contributed by atoms with Crippen LogP contribution in [0.25, 0.3) is 0 Å². The Labute approximate surface area is 145 Å². The molecule has 0 saturated heterocycles. The first-order chi connectivity index (χ1) is 11.4. The van der Waals surface area contributed by atoms with Gasteiger partial charge in [0.15, 0.2) is 0 Å². The highest BCUT2D eigenvalue weighted by Crippen LogP contribution is 2.66. The molecule has 0 heterocycles. The summed E-state index contributed by atoms with van der Waals surface area (Å²) in [6.07, 6.45) is 7.49. The van der Waals surface area contributed by atoms with Crippen LogP contribution in [0, 0.1) is 34.5 Å². The lowest BCUT2D eigenvalue weighted by Crippen LogP contribution is -2.58. The molecule has 4 heteroatoms. The Morgan fingerprint density at radius 3 is 2.38 bits per heavy atom. The van der Waals surface area contributed by atoms with Crippen molar-refractivity contribution >= 4 is 6.47 Å². The van der Waals surface area contributed by atoms with Crippen LogP contribution in [0.2, 0.25) is 0 Å². The second-order valence-electron chi connectivity index (χ2n) is 9.56. The average Bonchev–Trinajstić information content (AvgIpc) is 2.85. The number of ether oxygens (including phenoxy) is 1. The highest BCUT2D eigenvalue weighted by Gasteiger charge is 2.62. The Morgan fingerprint density at radius 1 is 0.917 bits per heavy atom. The number of hydrogen-bond donors (Lipinski definition) is 2. The zero-order valence-corrected chi connectivity index (χ0v) is 15.0. The molecule has 9 atom stereocenters. The molecule has 1 unspecified atom stereocenters. The molecule has 0 radical (unpaired) electrons. The van der Waals surface area contributed by atoms with Gasteiger partial charge in [-0.3, -0.25) is 4.79 Å². The molecule has 24 heavy (non-hydrogen) atoms. The van der Waals surface area contributed by atoms with E-state index >= 15 is 0 Å². The van der Waals surface area contributed by atoms with Gasteiger partial charge in [0, 0.05) is 0 Å². The summed E-state index contributed by atoms with van der Waals surface area (Å²) >= 11 is 0. The van der Waals surface area contributed by atoms with E-state index in [1.54, 1.807) is 0 Å². The molecule has 0 aromatic heterocycles. The lowest BCUT2D eigenvalue weighted by molar-refractivity contribution is -0.180. The largest absolute Gasteiger partial charge is 0.465 e. The lowest BCUT2D eigenvalue weighted by Gasteiger charge is -2.61. The van der Waals surface area contributed by atoms with Crippen molar-refractivity contribution in [1.29, 1.82) is 0 Å². The fraction of sp³-hybridized carbons (Fsp3) is 0.950. The molecule has 0 spiro atoms. The van der Waals surface area contributed by atoms with Gasteiger partial charge in [-0.25, -0.2) is 0 Å². The van der Waals surface area contributed by atoms with Crippen molar-refractivity contribution in [2.75, 3.05) is 0 Å². The Hall–Kier alpha value is -0.610. The number of hydrogen-bond acceptors (Lipinski definition) is 4. The second-order valence-corrected chi connectivity index (χ2v) is 9.56. The van der Waals surface area contributed by atoms with E-state index in [0.717, 1.165) is 44.9 Å². The van der Waals surface area contributed by atoms with Gasteiger partial charge in [0.2, 0.25) is 0 Å². The predicted molar refractivity (Wildman–Crippen MR) is 90.1 cm³/mol. The van der Waals surface area contributed by atoms with Crippen molar-refractivity contribution in [3.63, 3.8) is 0 Å². The van der Waals surface area contributed by atoms with E-state index in [9.17, 15) is 15.0 Å². The van der Waals surface area contributed by atoms with Crippen molar-refractivity contribution in [2.24, 2.45) is 34.5 Å². The third-order valence-electron chi connectivity index (χ3n) is 8.83. The minimum atomic E-state index is -0.297. The number of aliphatic hydroxyl groups excluding tert-OH is 2. The average molecular weight is 336 g/mol. The molecule has 2 N–H and O–H groups in total. The summed E-state index contributed by atoms with van der Waals surface area (Å²) in [5, 5.41) is 21.5. The van der Waals surface area contributed by atoms with Gasteiger partial charge < -0.3 is 14.9 Å². The monoisotopic (exact) mass is 336 g/mol. The van der Waals surface area contributed by atoms with Crippen molar-refractivity contribution in [3.05, 3.63) is 0 Å². The van der Waals surface area contributed by atoms with Gasteiger partial charge >= 0.3 is 0 Å². The number of rotatable bonds is 2. The Morgan fingerprint density at radius 2 is 1.62 bits per heavy atom. The van der Waals surface area contributed by atoms with Crippen molar-refractivity contribution < 1.29 is 19.7 Å². The lowest BCUT2D eigenvalue weighted by atomic mass is 9.44. The fourth-order valence-corrected chi connectivity index (χ4v) is 7.44. The first-order valence-corrected chi connectivity index (χ1v) is 9.85. The van der Waals surface area contributed by atoms with E-state index in [2.05, 4.69) is 13.8 Å². The molecule has 4 saturated carbocycles. The van der Waals surface area contributed by atoms with Gasteiger partial charge in [-0.1, -0.05) is 13.8 Å². The molecule has 0 amide bonds. The molecule has 0 aliphatic heterocycles. The van der Waals surface area contributed by atoms with E-state index in [1.807, 2.05) is 0 Å².